The number of hydrogen-bond acceptors (Lipinski definition) is 4. The maximum Gasteiger partial charge on any atom is 0.234 e. The van der Waals surface area contributed by atoms with Crippen LogP contribution in [0.25, 0.3) is 0 Å². The number of quaternary nitrogens is 1. The highest BCUT2D eigenvalue weighted by molar-refractivity contribution is 5.79. The van der Waals surface area contributed by atoms with Gasteiger partial charge in [0.1, 0.15) is 11.9 Å². The molecule has 3 atom stereocenters. The average molecular weight is 285 g/mol. The minimum atomic E-state index is -0.0517. The Morgan fingerprint density at radius 1 is 1.38 bits per heavy atom. The van der Waals surface area contributed by atoms with Crippen LogP contribution >= 0.6 is 0 Å². The number of aliphatic hydroxyl groups is 1. The molecule has 1 saturated heterocycles. The molecule has 6 heteroatoms. The highest BCUT2D eigenvalue weighted by atomic mass is 16.3. The molecule has 3 aliphatic rings. The maximum absolute atomic E-state index is 11.5. The standard InChI is InChI=1S/C15H16N4O2/c20-9-19(4-3-16-8-19)12-1-2-13-10(6-12)5-11-7-14(21)17-18-15(11)13/h1-4,6,8,11,15,18,20H,5,7,9H2/p+1. The van der Waals surface area contributed by atoms with E-state index in [4.69, 9.17) is 0 Å². The number of aliphatic imine (C=N–C) groups is 1. The maximum atomic E-state index is 11.5. The normalized spacial score (nSPS) is 32.9. The van der Waals surface area contributed by atoms with Gasteiger partial charge < -0.3 is 5.11 Å². The van der Waals surface area contributed by atoms with Gasteiger partial charge in [-0.25, -0.2) is 10.4 Å². The molecule has 1 aliphatic carbocycles. The van der Waals surface area contributed by atoms with Crippen LogP contribution in [0, 0.1) is 5.92 Å². The highest BCUT2D eigenvalue weighted by Gasteiger charge is 2.38. The number of hydrazine groups is 1. The molecule has 2 aliphatic heterocycles. The molecule has 1 fully saturated rings. The molecule has 2 heterocycles. The Balaban J connectivity index is 1.71. The lowest BCUT2D eigenvalue weighted by molar-refractivity contribution is -0.125. The Labute approximate surface area is 122 Å². The first kappa shape index (κ1) is 12.7. The number of nitrogens with one attached hydrogen (secondary N) is 2. The Bertz CT molecular complexity index is 656. The van der Waals surface area contributed by atoms with Crippen molar-refractivity contribution in [1.29, 1.82) is 0 Å². The monoisotopic (exact) mass is 285 g/mol. The average Bonchev–Trinajstić information content (AvgIpc) is 3.10. The lowest BCUT2D eigenvalue weighted by atomic mass is 9.96. The summed E-state index contributed by atoms with van der Waals surface area (Å²) in [6.45, 7) is -0.0517. The molecular formula is C15H17N4O2+. The number of amides is 1. The molecule has 3 N–H and O–H groups in total. The number of fused-ring (bicyclic) bond motifs is 3. The second kappa shape index (κ2) is 4.49. The molecule has 3 unspecified atom stereocenters. The van der Waals surface area contributed by atoms with Gasteiger partial charge in [-0.3, -0.25) is 10.2 Å². The third-order valence-corrected chi connectivity index (χ3v) is 4.64. The Hall–Kier alpha value is -2.02. The third kappa shape index (κ3) is 1.84. The highest BCUT2D eigenvalue weighted by Crippen LogP contribution is 2.41. The van der Waals surface area contributed by atoms with E-state index in [0.717, 1.165) is 12.1 Å². The number of nitrogens with zero attached hydrogens (tertiary/aromatic N) is 2. The number of aliphatic hydroxyl groups excluding tert-OH is 1. The first-order chi connectivity index (χ1) is 10.2. The first-order valence-electron chi connectivity index (χ1n) is 7.10. The van der Waals surface area contributed by atoms with Gasteiger partial charge in [0.2, 0.25) is 12.2 Å². The summed E-state index contributed by atoms with van der Waals surface area (Å²) in [5.41, 5.74) is 9.29. The summed E-state index contributed by atoms with van der Waals surface area (Å²) < 4.78 is 0.229. The van der Waals surface area contributed by atoms with Crippen molar-refractivity contribution in [3.8, 4) is 0 Å². The van der Waals surface area contributed by atoms with E-state index in [9.17, 15) is 9.90 Å². The van der Waals surface area contributed by atoms with Gasteiger partial charge >= 0.3 is 0 Å². The number of rotatable bonds is 2. The number of carbonyl (C=O) groups is 1. The van der Waals surface area contributed by atoms with Crippen molar-refractivity contribution in [2.24, 2.45) is 10.9 Å². The van der Waals surface area contributed by atoms with Crippen LogP contribution in [-0.2, 0) is 11.2 Å². The predicted molar refractivity (Wildman–Crippen MR) is 78.8 cm³/mol. The predicted octanol–water partition coefficient (Wildman–Crippen LogP) is 0.695. The van der Waals surface area contributed by atoms with E-state index in [1.54, 1.807) is 12.5 Å². The quantitative estimate of drug-likeness (QED) is 0.700. The number of hydrogen-bond donors (Lipinski definition) is 3. The second-order valence-electron chi connectivity index (χ2n) is 5.86. The van der Waals surface area contributed by atoms with Gasteiger partial charge in [0.05, 0.1) is 12.2 Å². The molecule has 0 spiro atoms. The van der Waals surface area contributed by atoms with Crippen LogP contribution in [0.15, 0.2) is 35.6 Å². The fourth-order valence-corrected chi connectivity index (χ4v) is 3.49. The second-order valence-corrected chi connectivity index (χ2v) is 5.86. The summed E-state index contributed by atoms with van der Waals surface area (Å²) in [5, 5.41) is 9.72. The molecule has 21 heavy (non-hydrogen) atoms. The first-order valence-corrected chi connectivity index (χ1v) is 7.10. The zero-order chi connectivity index (χ0) is 14.4. The van der Waals surface area contributed by atoms with Crippen molar-refractivity contribution >= 4 is 17.9 Å². The largest absolute Gasteiger partial charge is 0.346 e. The molecule has 4 rings (SSSR count). The van der Waals surface area contributed by atoms with Crippen molar-refractivity contribution in [3.05, 3.63) is 41.7 Å². The number of benzene rings is 1. The van der Waals surface area contributed by atoms with Crippen molar-refractivity contribution in [1.82, 2.24) is 15.3 Å². The van der Waals surface area contributed by atoms with Gasteiger partial charge in [-0.1, -0.05) is 6.07 Å². The fourth-order valence-electron chi connectivity index (χ4n) is 3.49. The molecule has 1 amide bonds. The summed E-state index contributed by atoms with van der Waals surface area (Å²) in [7, 11) is 0. The van der Waals surface area contributed by atoms with Crippen LogP contribution in [0.2, 0.25) is 0 Å². The lowest BCUT2D eigenvalue weighted by Crippen LogP contribution is -2.47. The Kier molecular flexibility index (Phi) is 2.72. The van der Waals surface area contributed by atoms with E-state index in [-0.39, 0.29) is 23.2 Å². The lowest BCUT2D eigenvalue weighted by Gasteiger charge is -2.27. The summed E-state index contributed by atoms with van der Waals surface area (Å²) in [4.78, 5) is 15.6. The van der Waals surface area contributed by atoms with Crippen molar-refractivity contribution in [3.63, 3.8) is 0 Å². The van der Waals surface area contributed by atoms with Crippen LogP contribution in [0.3, 0.4) is 0 Å². The van der Waals surface area contributed by atoms with Crippen molar-refractivity contribution in [2.45, 2.75) is 18.9 Å². The van der Waals surface area contributed by atoms with Gasteiger partial charge in [-0.2, -0.15) is 4.48 Å². The minimum absolute atomic E-state index is 0.0517. The van der Waals surface area contributed by atoms with Gasteiger partial charge in [0.25, 0.3) is 0 Å². The summed E-state index contributed by atoms with van der Waals surface area (Å²) >= 11 is 0. The summed E-state index contributed by atoms with van der Waals surface area (Å²) in [6.07, 6.45) is 6.75. The molecule has 1 aromatic carbocycles. The van der Waals surface area contributed by atoms with E-state index < -0.39 is 0 Å². The molecule has 6 nitrogen and oxygen atoms in total. The van der Waals surface area contributed by atoms with E-state index in [1.807, 2.05) is 12.3 Å². The summed E-state index contributed by atoms with van der Waals surface area (Å²) in [6, 6.07) is 6.43. The van der Waals surface area contributed by atoms with Gasteiger partial charge in [0.15, 0.2) is 6.73 Å². The van der Waals surface area contributed by atoms with Gasteiger partial charge in [-0.05, 0) is 23.5 Å². The van der Waals surface area contributed by atoms with Crippen LogP contribution in [0.5, 0.6) is 0 Å². The molecule has 0 saturated carbocycles. The fraction of sp³-hybridized carbons (Fsp3) is 0.333. The molecule has 108 valence electrons. The molecule has 0 aromatic heterocycles. The van der Waals surface area contributed by atoms with Crippen LogP contribution in [0.4, 0.5) is 5.69 Å². The van der Waals surface area contributed by atoms with Crippen molar-refractivity contribution in [2.75, 3.05) is 6.73 Å². The zero-order valence-corrected chi connectivity index (χ0v) is 11.5. The Morgan fingerprint density at radius 2 is 2.29 bits per heavy atom. The molecule has 0 bridgehead atoms. The SMILES string of the molecule is O=C1CC2Cc3cc([N+]4(CO)C=CN=C4)ccc3C2NN1. The Morgan fingerprint density at radius 3 is 3.05 bits per heavy atom. The smallest absolute Gasteiger partial charge is 0.234 e. The zero-order valence-electron chi connectivity index (χ0n) is 11.5. The third-order valence-electron chi connectivity index (χ3n) is 4.64. The molecule has 0 radical (unpaired) electrons. The van der Waals surface area contributed by atoms with Crippen LogP contribution in [-0.4, -0.2) is 24.1 Å². The number of carbonyl (C=O) groups excluding carboxylic acids is 1. The van der Waals surface area contributed by atoms with Gasteiger partial charge in [0, 0.05) is 18.6 Å². The van der Waals surface area contributed by atoms with E-state index in [0.29, 0.717) is 12.3 Å². The van der Waals surface area contributed by atoms with E-state index in [2.05, 4.69) is 28.0 Å². The molecule has 1 aromatic rings. The van der Waals surface area contributed by atoms with E-state index >= 15 is 0 Å². The van der Waals surface area contributed by atoms with E-state index in [1.165, 1.54) is 11.1 Å². The minimum Gasteiger partial charge on any atom is -0.346 e. The molecular weight excluding hydrogens is 268 g/mol. The van der Waals surface area contributed by atoms with Crippen LogP contribution in [0.1, 0.15) is 23.6 Å². The topological polar surface area (TPSA) is 73.7 Å². The summed E-state index contributed by atoms with van der Waals surface area (Å²) in [5.74, 6) is 0.368. The van der Waals surface area contributed by atoms with Crippen molar-refractivity contribution < 1.29 is 9.90 Å². The van der Waals surface area contributed by atoms with Crippen LogP contribution < -0.4 is 15.3 Å². The van der Waals surface area contributed by atoms with Gasteiger partial charge in [-0.15, -0.1) is 0 Å².